The molecule has 25 heavy (non-hydrogen) atoms. The van der Waals surface area contributed by atoms with E-state index in [-0.39, 0.29) is 12.0 Å². The van der Waals surface area contributed by atoms with Crippen LogP contribution in [-0.2, 0) is 0 Å². The lowest BCUT2D eigenvalue weighted by molar-refractivity contribution is 0.357. The molecule has 0 aliphatic rings. The number of benzene rings is 1. The molecule has 4 aromatic rings. The van der Waals surface area contributed by atoms with Crippen LogP contribution in [0.2, 0.25) is 0 Å². The van der Waals surface area contributed by atoms with Gasteiger partial charge in [-0.25, -0.2) is 13.6 Å². The average Bonchev–Trinajstić information content (AvgIpc) is 3.23. The molecule has 8 nitrogen and oxygen atoms in total. The molecule has 0 fully saturated rings. The number of ether oxygens (including phenoxy) is 1. The quantitative estimate of drug-likeness (QED) is 0.612. The number of halogens is 1. The lowest BCUT2D eigenvalue weighted by Crippen LogP contribution is -2.08. The van der Waals surface area contributed by atoms with Gasteiger partial charge in [0.05, 0.1) is 18.7 Å². The van der Waals surface area contributed by atoms with Crippen LogP contribution in [0.3, 0.4) is 0 Å². The second-order valence-electron chi connectivity index (χ2n) is 5.74. The molecule has 0 unspecified atom stereocenters. The van der Waals surface area contributed by atoms with Crippen LogP contribution in [0.5, 0.6) is 5.88 Å². The predicted octanol–water partition coefficient (Wildman–Crippen LogP) is 2.26. The molecule has 1 atom stereocenters. The van der Waals surface area contributed by atoms with Crippen molar-refractivity contribution in [3.05, 3.63) is 30.5 Å². The minimum atomic E-state index is -0.515. The molecular weight excluding hydrogens is 325 g/mol. The second kappa shape index (κ2) is 5.69. The highest BCUT2D eigenvalue weighted by molar-refractivity contribution is 5.89. The monoisotopic (exact) mass is 341 g/mol. The maximum Gasteiger partial charge on any atom is 0.243 e. The van der Waals surface area contributed by atoms with E-state index in [9.17, 15) is 4.39 Å². The first kappa shape index (κ1) is 15.3. The van der Waals surface area contributed by atoms with Crippen LogP contribution in [0.1, 0.15) is 13.0 Å². The van der Waals surface area contributed by atoms with Crippen LogP contribution >= 0.6 is 0 Å². The minimum Gasteiger partial charge on any atom is -0.479 e. The lowest BCUT2D eigenvalue weighted by Gasteiger charge is -2.09. The van der Waals surface area contributed by atoms with Gasteiger partial charge >= 0.3 is 0 Å². The summed E-state index contributed by atoms with van der Waals surface area (Å²) in [5.74, 6) is 0.511. The van der Waals surface area contributed by atoms with Crippen LogP contribution in [0, 0.1) is 0 Å². The molecule has 0 aliphatic heterocycles. The van der Waals surface area contributed by atoms with E-state index in [1.165, 1.54) is 7.11 Å². The van der Waals surface area contributed by atoms with Crippen molar-refractivity contribution in [1.82, 2.24) is 29.6 Å². The molecule has 128 valence electrons. The van der Waals surface area contributed by atoms with E-state index in [0.29, 0.717) is 16.9 Å². The van der Waals surface area contributed by atoms with Gasteiger partial charge in [-0.2, -0.15) is 4.98 Å². The third-order valence-electron chi connectivity index (χ3n) is 4.11. The van der Waals surface area contributed by atoms with E-state index >= 15 is 0 Å². The number of rotatable bonds is 4. The number of nitrogen functional groups attached to an aromatic ring is 1. The highest BCUT2D eigenvalue weighted by atomic mass is 19.1. The van der Waals surface area contributed by atoms with E-state index in [0.717, 1.165) is 16.6 Å². The molecular formula is C16H16FN7O. The van der Waals surface area contributed by atoms with Crippen molar-refractivity contribution in [2.45, 2.75) is 13.0 Å². The van der Waals surface area contributed by atoms with Crippen LogP contribution in [-0.4, -0.2) is 43.4 Å². The summed E-state index contributed by atoms with van der Waals surface area (Å²) < 4.78 is 21.6. The normalized spacial score (nSPS) is 12.8. The fourth-order valence-electron chi connectivity index (χ4n) is 2.88. The molecule has 0 amide bonds. The zero-order valence-electron chi connectivity index (χ0n) is 13.7. The topological polar surface area (TPSA) is 96.2 Å². The summed E-state index contributed by atoms with van der Waals surface area (Å²) in [5.41, 5.74) is 9.64. The molecule has 0 radical (unpaired) electrons. The van der Waals surface area contributed by atoms with Gasteiger partial charge in [-0.3, -0.25) is 0 Å². The molecule has 4 rings (SSSR count). The van der Waals surface area contributed by atoms with Gasteiger partial charge in [0.25, 0.3) is 0 Å². The number of hydrogen-bond donors (Lipinski definition) is 1. The van der Waals surface area contributed by atoms with E-state index in [4.69, 9.17) is 10.5 Å². The van der Waals surface area contributed by atoms with Crippen molar-refractivity contribution in [1.29, 1.82) is 0 Å². The number of nitrogens with two attached hydrogens (primary N) is 1. The Kier molecular flexibility index (Phi) is 3.48. The van der Waals surface area contributed by atoms with Gasteiger partial charge in [0.15, 0.2) is 0 Å². The Balaban J connectivity index is 1.94. The summed E-state index contributed by atoms with van der Waals surface area (Å²) in [6.07, 6.45) is 1.79. The Hall–Kier alpha value is -3.23. The first-order valence-corrected chi connectivity index (χ1v) is 7.72. The molecule has 3 heterocycles. The number of methoxy groups -OCH3 is 1. The van der Waals surface area contributed by atoms with Gasteiger partial charge < -0.3 is 10.5 Å². The standard InChI is InChI=1S/C16H16FN7O/c1-9(8-17)24-13-7-10(3-4-12(13)20-22-24)11-5-6-23-14(11)15(25-2)19-16(18)21-23/h3-7,9H,8H2,1-2H3,(H2,18,21)/t9-/m0/s1. The van der Waals surface area contributed by atoms with Crippen LogP contribution in [0.4, 0.5) is 10.3 Å². The third-order valence-corrected chi connectivity index (χ3v) is 4.11. The number of fused-ring (bicyclic) bond motifs is 2. The minimum absolute atomic E-state index is 0.126. The highest BCUT2D eigenvalue weighted by Gasteiger charge is 2.16. The van der Waals surface area contributed by atoms with Gasteiger partial charge in [-0.05, 0) is 30.7 Å². The SMILES string of the molecule is COc1nc(N)nn2ccc(-c3ccc4nnn([C@@H](C)CF)c4c3)c12. The number of anilines is 1. The van der Waals surface area contributed by atoms with Gasteiger partial charge in [0, 0.05) is 11.8 Å². The zero-order chi connectivity index (χ0) is 17.6. The number of hydrogen-bond acceptors (Lipinski definition) is 6. The average molecular weight is 341 g/mol. The van der Waals surface area contributed by atoms with E-state index in [1.807, 2.05) is 24.3 Å². The third kappa shape index (κ3) is 2.35. The summed E-state index contributed by atoms with van der Waals surface area (Å²) in [4.78, 5) is 4.13. The fourth-order valence-corrected chi connectivity index (χ4v) is 2.88. The molecule has 0 saturated heterocycles. The summed E-state index contributed by atoms with van der Waals surface area (Å²) in [5, 5.41) is 12.3. The van der Waals surface area contributed by atoms with Crippen molar-refractivity contribution < 1.29 is 9.13 Å². The molecule has 0 bridgehead atoms. The largest absolute Gasteiger partial charge is 0.479 e. The van der Waals surface area contributed by atoms with Crippen LogP contribution in [0.15, 0.2) is 30.5 Å². The maximum atomic E-state index is 13.1. The van der Waals surface area contributed by atoms with E-state index in [1.54, 1.807) is 22.3 Å². The lowest BCUT2D eigenvalue weighted by atomic mass is 10.1. The first-order chi connectivity index (χ1) is 12.1. The molecule has 3 aromatic heterocycles. The first-order valence-electron chi connectivity index (χ1n) is 7.72. The Labute approximate surface area is 142 Å². The fraction of sp³-hybridized carbons (Fsp3) is 0.250. The van der Waals surface area contributed by atoms with Gasteiger partial charge in [-0.1, -0.05) is 11.3 Å². The molecule has 0 spiro atoms. The maximum absolute atomic E-state index is 13.1. The molecule has 1 aromatic carbocycles. The van der Waals surface area contributed by atoms with Crippen LogP contribution in [0.25, 0.3) is 27.7 Å². The summed E-state index contributed by atoms with van der Waals surface area (Å²) in [6.45, 7) is 1.24. The van der Waals surface area contributed by atoms with Crippen molar-refractivity contribution in [2.75, 3.05) is 19.5 Å². The van der Waals surface area contributed by atoms with Crippen LogP contribution < -0.4 is 10.5 Å². The van der Waals surface area contributed by atoms with Gasteiger partial charge in [-0.15, -0.1) is 10.2 Å². The summed E-state index contributed by atoms with van der Waals surface area (Å²) in [7, 11) is 1.53. The smallest absolute Gasteiger partial charge is 0.243 e. The second-order valence-corrected chi connectivity index (χ2v) is 5.74. The van der Waals surface area contributed by atoms with Crippen molar-refractivity contribution in [2.24, 2.45) is 0 Å². The number of alkyl halides is 1. The van der Waals surface area contributed by atoms with Gasteiger partial charge in [0.2, 0.25) is 11.8 Å². The molecule has 0 saturated carbocycles. The Bertz CT molecular complexity index is 1070. The molecule has 0 aliphatic carbocycles. The van der Waals surface area contributed by atoms with Crippen molar-refractivity contribution in [3.63, 3.8) is 0 Å². The van der Waals surface area contributed by atoms with Crippen molar-refractivity contribution >= 4 is 22.5 Å². The predicted molar refractivity (Wildman–Crippen MR) is 91.2 cm³/mol. The van der Waals surface area contributed by atoms with E-state index in [2.05, 4.69) is 20.4 Å². The zero-order valence-corrected chi connectivity index (χ0v) is 13.7. The van der Waals surface area contributed by atoms with Gasteiger partial charge in [0.1, 0.15) is 17.7 Å². The number of aromatic nitrogens is 6. The Morgan fingerprint density at radius 3 is 2.92 bits per heavy atom. The highest BCUT2D eigenvalue weighted by Crippen LogP contribution is 2.32. The Morgan fingerprint density at radius 2 is 2.16 bits per heavy atom. The molecule has 9 heteroatoms. The molecule has 2 N–H and O–H groups in total. The van der Waals surface area contributed by atoms with E-state index < -0.39 is 6.67 Å². The van der Waals surface area contributed by atoms with Crippen molar-refractivity contribution in [3.8, 4) is 17.0 Å². The number of nitrogens with zero attached hydrogens (tertiary/aromatic N) is 6. The Morgan fingerprint density at radius 1 is 1.32 bits per heavy atom. The summed E-state index contributed by atoms with van der Waals surface area (Å²) in [6, 6.07) is 7.22. The summed E-state index contributed by atoms with van der Waals surface area (Å²) >= 11 is 0.